The van der Waals surface area contributed by atoms with Gasteiger partial charge < -0.3 is 10.1 Å². The van der Waals surface area contributed by atoms with Crippen LogP contribution in [-0.2, 0) is 14.6 Å². The number of rotatable bonds is 5. The van der Waals surface area contributed by atoms with Crippen LogP contribution in [0.25, 0.3) is 21.6 Å². The zero-order valence-corrected chi connectivity index (χ0v) is 20.6. The van der Waals surface area contributed by atoms with E-state index in [1.54, 1.807) is 41.9 Å². The smallest absolute Gasteiger partial charge is 0.337 e. The van der Waals surface area contributed by atoms with Crippen molar-refractivity contribution in [3.63, 3.8) is 0 Å². The first-order valence-electron chi connectivity index (χ1n) is 10.9. The van der Waals surface area contributed by atoms with Crippen LogP contribution in [0.1, 0.15) is 38.9 Å². The molecule has 0 aliphatic carbocycles. The van der Waals surface area contributed by atoms with Gasteiger partial charge in [-0.1, -0.05) is 6.07 Å². The molecule has 1 N–H and O–H groups in total. The van der Waals surface area contributed by atoms with Crippen molar-refractivity contribution in [1.82, 2.24) is 14.8 Å². The second kappa shape index (κ2) is 8.90. The molecule has 4 heterocycles. The van der Waals surface area contributed by atoms with Crippen LogP contribution in [0.2, 0.25) is 0 Å². The summed E-state index contributed by atoms with van der Waals surface area (Å²) in [5.74, 6) is -0.709. The summed E-state index contributed by atoms with van der Waals surface area (Å²) in [6.45, 7) is 1.79. The third-order valence-corrected chi connectivity index (χ3v) is 8.62. The highest BCUT2D eigenvalue weighted by molar-refractivity contribution is 7.91. The number of hydrogen-bond donors (Lipinski definition) is 1. The van der Waals surface area contributed by atoms with Gasteiger partial charge >= 0.3 is 5.97 Å². The fourth-order valence-corrected chi connectivity index (χ4v) is 6.65. The number of nitrogens with one attached hydrogen (secondary N) is 1. The van der Waals surface area contributed by atoms with Crippen LogP contribution in [0.3, 0.4) is 0 Å². The second-order valence-corrected chi connectivity index (χ2v) is 11.5. The summed E-state index contributed by atoms with van der Waals surface area (Å²) in [5.41, 5.74) is 2.97. The van der Waals surface area contributed by atoms with Gasteiger partial charge in [0.2, 0.25) is 0 Å². The van der Waals surface area contributed by atoms with E-state index in [4.69, 9.17) is 9.72 Å². The molecule has 5 rings (SSSR count). The van der Waals surface area contributed by atoms with E-state index in [2.05, 4.69) is 10.4 Å². The molecular formula is C24H22N4O5S2. The van der Waals surface area contributed by atoms with Crippen molar-refractivity contribution >= 4 is 49.8 Å². The molecule has 1 aliphatic heterocycles. The van der Waals surface area contributed by atoms with Crippen molar-refractivity contribution in [2.75, 3.05) is 23.9 Å². The molecule has 9 nitrogen and oxygen atoms in total. The minimum atomic E-state index is -3.13. The standard InChI is InChI=1S/C24H22N4O5S2/c1-14-21-18(23(29)25-16-7-5-15(6-8-16)24(30)33-2)12-19(20-4-3-10-34-20)26-22(21)28(27-14)17-9-11-35(31,32)13-17/h3-8,10,12,17H,9,11,13H2,1-2H3,(H,25,29). The number of carbonyl (C=O) groups is 2. The minimum Gasteiger partial charge on any atom is -0.465 e. The zero-order chi connectivity index (χ0) is 24.7. The van der Waals surface area contributed by atoms with E-state index >= 15 is 0 Å². The van der Waals surface area contributed by atoms with Crippen LogP contribution < -0.4 is 5.32 Å². The Morgan fingerprint density at radius 1 is 1.20 bits per heavy atom. The SMILES string of the molecule is COC(=O)c1ccc(NC(=O)c2cc(-c3cccs3)nc3c2c(C)nn3C2CCS(=O)(=O)C2)cc1. The maximum atomic E-state index is 13.5. The Balaban J connectivity index is 1.58. The van der Waals surface area contributed by atoms with Crippen LogP contribution in [0.5, 0.6) is 0 Å². The number of aromatic nitrogens is 3. The summed E-state index contributed by atoms with van der Waals surface area (Å²) in [6.07, 6.45) is 0.456. The average Bonchev–Trinajstić information content (AvgIpc) is 3.58. The van der Waals surface area contributed by atoms with Gasteiger partial charge in [-0.2, -0.15) is 5.10 Å². The summed E-state index contributed by atoms with van der Waals surface area (Å²) in [5, 5.41) is 10.00. The number of fused-ring (bicyclic) bond motifs is 1. The number of carbonyl (C=O) groups excluding carboxylic acids is 2. The lowest BCUT2D eigenvalue weighted by molar-refractivity contribution is 0.0600. The first-order valence-corrected chi connectivity index (χ1v) is 13.6. The molecule has 180 valence electrons. The van der Waals surface area contributed by atoms with Crippen molar-refractivity contribution in [2.45, 2.75) is 19.4 Å². The number of pyridine rings is 1. The predicted molar refractivity (Wildman–Crippen MR) is 134 cm³/mol. The van der Waals surface area contributed by atoms with Gasteiger partial charge in [0.05, 0.1) is 57.4 Å². The number of amides is 1. The number of methoxy groups -OCH3 is 1. The lowest BCUT2D eigenvalue weighted by Crippen LogP contribution is -2.15. The topological polar surface area (TPSA) is 120 Å². The monoisotopic (exact) mass is 510 g/mol. The summed E-state index contributed by atoms with van der Waals surface area (Å²) >= 11 is 1.50. The summed E-state index contributed by atoms with van der Waals surface area (Å²) in [7, 11) is -1.83. The van der Waals surface area contributed by atoms with Crippen LogP contribution in [0.15, 0.2) is 47.8 Å². The normalized spacial score (nSPS) is 16.9. The quantitative estimate of drug-likeness (QED) is 0.405. The fraction of sp³-hybridized carbons (Fsp3) is 0.250. The van der Waals surface area contributed by atoms with Crippen molar-refractivity contribution in [3.8, 4) is 10.6 Å². The van der Waals surface area contributed by atoms with Crippen LogP contribution in [-0.4, -0.2) is 53.7 Å². The molecule has 0 spiro atoms. The number of benzene rings is 1. The molecule has 0 bridgehead atoms. The molecule has 4 aromatic rings. The van der Waals surface area contributed by atoms with E-state index in [1.807, 2.05) is 17.5 Å². The van der Waals surface area contributed by atoms with Crippen LogP contribution in [0.4, 0.5) is 5.69 Å². The van der Waals surface area contributed by atoms with Crippen LogP contribution in [0, 0.1) is 6.92 Å². The Morgan fingerprint density at radius 2 is 1.97 bits per heavy atom. The molecule has 1 atom stereocenters. The Hall–Kier alpha value is -3.57. The van der Waals surface area contributed by atoms with Crippen molar-refractivity contribution in [1.29, 1.82) is 0 Å². The predicted octanol–water partition coefficient (Wildman–Crippen LogP) is 3.87. The number of ether oxygens (including phenoxy) is 1. The van der Waals surface area contributed by atoms with E-state index in [1.165, 1.54) is 18.4 Å². The highest BCUT2D eigenvalue weighted by Gasteiger charge is 2.32. The Labute approximate surface area is 205 Å². The number of esters is 1. The molecule has 3 aromatic heterocycles. The van der Waals surface area contributed by atoms with Gasteiger partial charge in [-0.05, 0) is 55.1 Å². The summed E-state index contributed by atoms with van der Waals surface area (Å²) < 4.78 is 30.6. The number of thiophene rings is 1. The maximum Gasteiger partial charge on any atom is 0.337 e. The third-order valence-electron chi connectivity index (χ3n) is 5.97. The highest BCUT2D eigenvalue weighted by atomic mass is 32.2. The first kappa shape index (κ1) is 23.2. The molecule has 1 fully saturated rings. The molecule has 0 saturated carbocycles. The van der Waals surface area contributed by atoms with Gasteiger partial charge in [0.15, 0.2) is 15.5 Å². The average molecular weight is 511 g/mol. The first-order chi connectivity index (χ1) is 16.8. The van der Waals surface area contributed by atoms with Crippen molar-refractivity contribution in [3.05, 3.63) is 64.7 Å². The lowest BCUT2D eigenvalue weighted by Gasteiger charge is -2.12. The number of nitrogens with zero attached hydrogens (tertiary/aromatic N) is 3. The van der Waals surface area contributed by atoms with E-state index in [-0.39, 0.29) is 23.5 Å². The van der Waals surface area contributed by atoms with E-state index < -0.39 is 15.8 Å². The van der Waals surface area contributed by atoms with Crippen molar-refractivity contribution in [2.24, 2.45) is 0 Å². The number of anilines is 1. The molecule has 1 unspecified atom stereocenters. The van der Waals surface area contributed by atoms with Gasteiger partial charge in [0, 0.05) is 5.69 Å². The Kier molecular flexibility index (Phi) is 5.89. The van der Waals surface area contributed by atoms with Gasteiger partial charge in [-0.3, -0.25) is 4.79 Å². The zero-order valence-electron chi connectivity index (χ0n) is 19.0. The summed E-state index contributed by atoms with van der Waals surface area (Å²) in [4.78, 5) is 30.8. The molecule has 1 aliphatic rings. The molecule has 1 aromatic carbocycles. The lowest BCUT2D eigenvalue weighted by atomic mass is 10.1. The van der Waals surface area contributed by atoms with E-state index in [9.17, 15) is 18.0 Å². The van der Waals surface area contributed by atoms with Crippen molar-refractivity contribution < 1.29 is 22.7 Å². The second-order valence-electron chi connectivity index (χ2n) is 8.34. The van der Waals surface area contributed by atoms with Gasteiger partial charge in [0.1, 0.15) is 0 Å². The minimum absolute atomic E-state index is 0.00219. The Morgan fingerprint density at radius 3 is 2.60 bits per heavy atom. The fourth-order valence-electron chi connectivity index (χ4n) is 4.27. The summed E-state index contributed by atoms with van der Waals surface area (Å²) in [6, 6.07) is 11.6. The maximum absolute atomic E-state index is 13.5. The third kappa shape index (κ3) is 4.44. The van der Waals surface area contributed by atoms with E-state index in [0.717, 1.165) is 4.88 Å². The molecule has 11 heteroatoms. The largest absolute Gasteiger partial charge is 0.465 e. The van der Waals surface area contributed by atoms with Gasteiger partial charge in [0.25, 0.3) is 5.91 Å². The Bertz CT molecular complexity index is 1540. The number of hydrogen-bond acceptors (Lipinski definition) is 8. The number of aryl methyl sites for hydroxylation is 1. The highest BCUT2D eigenvalue weighted by Crippen LogP contribution is 2.33. The van der Waals surface area contributed by atoms with Gasteiger partial charge in [-0.15, -0.1) is 11.3 Å². The molecular weight excluding hydrogens is 488 g/mol. The van der Waals surface area contributed by atoms with Gasteiger partial charge in [-0.25, -0.2) is 22.9 Å². The number of sulfone groups is 1. The molecule has 0 radical (unpaired) electrons. The van der Waals surface area contributed by atoms with E-state index in [0.29, 0.717) is 45.7 Å². The molecule has 35 heavy (non-hydrogen) atoms. The molecule has 1 amide bonds. The molecule has 1 saturated heterocycles. The van der Waals surface area contributed by atoms with Crippen LogP contribution >= 0.6 is 11.3 Å².